The minimum Gasteiger partial charge on any atom is -0.370 e. The van der Waals surface area contributed by atoms with Gasteiger partial charge in [-0.25, -0.2) is 8.42 Å². The van der Waals surface area contributed by atoms with Crippen LogP contribution in [0.2, 0.25) is 0 Å². The lowest BCUT2D eigenvalue weighted by Crippen LogP contribution is -2.52. The zero-order chi connectivity index (χ0) is 32.1. The standard InChI is InChI=1S/C32H44F3N5O4S/c1-37-18-20-38(21-19-37)14-6-22-44-31(27-8-5-13-36-24-27)11-16-39(17-12-31)25-30(41)29-10-2-3-15-40(29)45(42,43)28-9-4-7-26(23-28)32(33,34)35/h4-5,7-9,13,23-24,29H,2-3,6,10-12,14-22,25H2,1H3. The molecule has 3 fully saturated rings. The number of nitrogens with zero attached hydrogens (tertiary/aromatic N) is 5. The SMILES string of the molecule is CN1CCN(CCCOC2(c3cccnc3)CCN(CC(=O)C3CCCCN3S(=O)(=O)c3cccc(C(F)(F)F)c3)CC2)CC1. The second kappa shape index (κ2) is 14.6. The van der Waals surface area contributed by atoms with Crippen LogP contribution >= 0.6 is 0 Å². The van der Waals surface area contributed by atoms with Gasteiger partial charge in [-0.05, 0) is 63.4 Å². The van der Waals surface area contributed by atoms with Crippen LogP contribution in [-0.2, 0) is 31.3 Å². The van der Waals surface area contributed by atoms with Crippen LogP contribution in [0.15, 0.2) is 53.7 Å². The molecule has 5 rings (SSSR count). The molecule has 248 valence electrons. The first-order valence-corrected chi connectivity index (χ1v) is 17.3. The van der Waals surface area contributed by atoms with Gasteiger partial charge in [0.1, 0.15) is 0 Å². The summed E-state index contributed by atoms with van der Waals surface area (Å²) in [5, 5.41) is 0. The van der Waals surface area contributed by atoms with Gasteiger partial charge in [-0.3, -0.25) is 14.7 Å². The zero-order valence-electron chi connectivity index (χ0n) is 25.9. The number of halogens is 3. The summed E-state index contributed by atoms with van der Waals surface area (Å²) in [6.07, 6.45) is 2.74. The molecule has 0 aliphatic carbocycles. The maximum absolute atomic E-state index is 13.6. The van der Waals surface area contributed by atoms with Crippen LogP contribution in [0.25, 0.3) is 0 Å². The monoisotopic (exact) mass is 651 g/mol. The first-order chi connectivity index (χ1) is 21.5. The van der Waals surface area contributed by atoms with Crippen molar-refractivity contribution < 1.29 is 31.1 Å². The van der Waals surface area contributed by atoms with Crippen molar-refractivity contribution in [3.63, 3.8) is 0 Å². The number of likely N-dealkylation sites (tertiary alicyclic amines) is 1. The fourth-order valence-corrected chi connectivity index (χ4v) is 8.38. The molecule has 45 heavy (non-hydrogen) atoms. The van der Waals surface area contributed by atoms with Crippen molar-refractivity contribution in [1.29, 1.82) is 0 Å². The Labute approximate surface area is 264 Å². The number of aromatic nitrogens is 1. The van der Waals surface area contributed by atoms with E-state index in [0.717, 1.165) is 67.2 Å². The Morgan fingerprint density at radius 1 is 1.00 bits per heavy atom. The third-order valence-electron chi connectivity index (χ3n) is 9.42. The number of alkyl halides is 3. The van der Waals surface area contributed by atoms with Crippen molar-refractivity contribution in [1.82, 2.24) is 24.0 Å². The number of hydrogen-bond acceptors (Lipinski definition) is 8. The smallest absolute Gasteiger partial charge is 0.370 e. The summed E-state index contributed by atoms with van der Waals surface area (Å²) in [5.41, 5.74) is -0.531. The van der Waals surface area contributed by atoms with E-state index in [1.54, 1.807) is 6.20 Å². The van der Waals surface area contributed by atoms with E-state index in [1.807, 2.05) is 23.2 Å². The lowest BCUT2D eigenvalue weighted by molar-refractivity contribution is -0.137. The first kappa shape index (κ1) is 33.9. The topological polar surface area (TPSA) is 86.3 Å². The van der Waals surface area contributed by atoms with Crippen molar-refractivity contribution in [3.8, 4) is 0 Å². The summed E-state index contributed by atoms with van der Waals surface area (Å²) in [5.74, 6) is -0.229. The molecular formula is C32H44F3N5O4S. The number of hydrogen-bond donors (Lipinski definition) is 0. The summed E-state index contributed by atoms with van der Waals surface area (Å²) in [6.45, 7) is 7.23. The fraction of sp³-hybridized carbons (Fsp3) is 0.625. The first-order valence-electron chi connectivity index (χ1n) is 15.9. The van der Waals surface area contributed by atoms with Crippen LogP contribution in [0.3, 0.4) is 0 Å². The number of pyridine rings is 1. The number of ether oxygens (including phenoxy) is 1. The van der Waals surface area contributed by atoms with Crippen molar-refractivity contribution in [2.75, 3.05) is 72.6 Å². The Bertz CT molecular complexity index is 1380. The summed E-state index contributed by atoms with van der Waals surface area (Å²) >= 11 is 0. The number of carbonyl (C=O) groups is 1. The Balaban J connectivity index is 1.21. The molecule has 13 heteroatoms. The van der Waals surface area contributed by atoms with E-state index in [9.17, 15) is 26.4 Å². The zero-order valence-corrected chi connectivity index (χ0v) is 26.7. The summed E-state index contributed by atoms with van der Waals surface area (Å²) in [4.78, 5) is 24.3. The van der Waals surface area contributed by atoms with Gasteiger partial charge in [0, 0.05) is 76.9 Å². The van der Waals surface area contributed by atoms with Gasteiger partial charge in [-0.15, -0.1) is 0 Å². The van der Waals surface area contributed by atoms with Gasteiger partial charge in [-0.1, -0.05) is 18.6 Å². The number of carbonyl (C=O) groups excluding carboxylic acids is 1. The highest BCUT2D eigenvalue weighted by Crippen LogP contribution is 2.37. The normalized spacial score (nSPS) is 22.8. The van der Waals surface area contributed by atoms with Crippen LogP contribution in [0.1, 0.15) is 49.7 Å². The minimum absolute atomic E-state index is 0.0752. The molecule has 3 aliphatic rings. The van der Waals surface area contributed by atoms with E-state index < -0.39 is 38.3 Å². The Morgan fingerprint density at radius 2 is 1.76 bits per heavy atom. The Morgan fingerprint density at radius 3 is 2.44 bits per heavy atom. The van der Waals surface area contributed by atoms with Crippen LogP contribution < -0.4 is 0 Å². The largest absolute Gasteiger partial charge is 0.416 e. The molecule has 9 nitrogen and oxygen atoms in total. The van der Waals surface area contributed by atoms with Gasteiger partial charge >= 0.3 is 6.18 Å². The van der Waals surface area contributed by atoms with E-state index >= 15 is 0 Å². The quantitative estimate of drug-likeness (QED) is 0.339. The van der Waals surface area contributed by atoms with Crippen LogP contribution in [0.5, 0.6) is 0 Å². The molecule has 0 amide bonds. The van der Waals surface area contributed by atoms with E-state index in [1.165, 1.54) is 0 Å². The molecule has 1 atom stereocenters. The maximum Gasteiger partial charge on any atom is 0.416 e. The third-order valence-corrected chi connectivity index (χ3v) is 11.3. The number of rotatable bonds is 11. The second-order valence-electron chi connectivity index (χ2n) is 12.5. The Hall–Kier alpha value is -2.42. The molecule has 0 bridgehead atoms. The summed E-state index contributed by atoms with van der Waals surface area (Å²) < 4.78 is 74.7. The average Bonchev–Trinajstić information content (AvgIpc) is 3.05. The molecule has 0 spiro atoms. The van der Waals surface area contributed by atoms with Gasteiger partial charge in [0.15, 0.2) is 5.78 Å². The van der Waals surface area contributed by atoms with Gasteiger partial charge in [0.2, 0.25) is 10.0 Å². The molecule has 1 aromatic heterocycles. The fourth-order valence-electron chi connectivity index (χ4n) is 6.66. The molecule has 2 aromatic rings. The van der Waals surface area contributed by atoms with E-state index in [2.05, 4.69) is 21.8 Å². The number of sulfonamides is 1. The molecular weight excluding hydrogens is 607 g/mol. The third kappa shape index (κ3) is 8.30. The Kier molecular flexibility index (Phi) is 11.0. The van der Waals surface area contributed by atoms with Gasteiger partial charge < -0.3 is 14.5 Å². The summed E-state index contributed by atoms with van der Waals surface area (Å²) in [7, 11) is -2.15. The lowest BCUT2D eigenvalue weighted by Gasteiger charge is -2.42. The van der Waals surface area contributed by atoms with Gasteiger partial charge in [-0.2, -0.15) is 17.5 Å². The molecule has 0 N–H and O–H groups in total. The highest BCUT2D eigenvalue weighted by Gasteiger charge is 2.41. The highest BCUT2D eigenvalue weighted by molar-refractivity contribution is 7.89. The number of piperidine rings is 2. The highest BCUT2D eigenvalue weighted by atomic mass is 32.2. The van der Waals surface area contributed by atoms with Gasteiger partial charge in [0.25, 0.3) is 0 Å². The average molecular weight is 652 g/mol. The predicted molar refractivity (Wildman–Crippen MR) is 164 cm³/mol. The van der Waals surface area contributed by atoms with E-state index in [4.69, 9.17) is 4.74 Å². The van der Waals surface area contributed by atoms with Crippen LogP contribution in [-0.4, -0.2) is 117 Å². The number of ketones is 1. The summed E-state index contributed by atoms with van der Waals surface area (Å²) in [6, 6.07) is 6.78. The van der Waals surface area contributed by atoms with Crippen molar-refractivity contribution >= 4 is 15.8 Å². The predicted octanol–water partition coefficient (Wildman–Crippen LogP) is 3.86. The van der Waals surface area contributed by atoms with Gasteiger partial charge in [0.05, 0.1) is 28.6 Å². The van der Waals surface area contributed by atoms with E-state index in [0.29, 0.717) is 57.9 Å². The number of benzene rings is 1. The number of piperazine rings is 1. The molecule has 1 aromatic carbocycles. The van der Waals surface area contributed by atoms with Crippen molar-refractivity contribution in [3.05, 3.63) is 59.9 Å². The number of likely N-dealkylation sites (N-methyl/N-ethyl adjacent to an activating group) is 1. The maximum atomic E-state index is 13.6. The van der Waals surface area contributed by atoms with Crippen molar-refractivity contribution in [2.45, 2.75) is 61.2 Å². The molecule has 0 saturated carbocycles. The van der Waals surface area contributed by atoms with Crippen LogP contribution in [0, 0.1) is 0 Å². The molecule has 3 aliphatic heterocycles. The minimum atomic E-state index is -4.67. The second-order valence-corrected chi connectivity index (χ2v) is 14.4. The molecule has 0 radical (unpaired) electrons. The molecule has 1 unspecified atom stereocenters. The molecule has 3 saturated heterocycles. The molecule has 4 heterocycles. The van der Waals surface area contributed by atoms with Crippen molar-refractivity contribution in [2.24, 2.45) is 0 Å². The lowest BCUT2D eigenvalue weighted by atomic mass is 9.84. The number of Topliss-reactive ketones (excluding diaryl/α,β-unsaturated/α-hetero) is 1. The van der Waals surface area contributed by atoms with Crippen LogP contribution in [0.4, 0.5) is 13.2 Å². The van der Waals surface area contributed by atoms with E-state index in [-0.39, 0.29) is 18.9 Å².